The van der Waals surface area contributed by atoms with Crippen LogP contribution in [0.2, 0.25) is 0 Å². The lowest BCUT2D eigenvalue weighted by atomic mass is 9.53. The number of carbonyl (C=O) groups is 1. The summed E-state index contributed by atoms with van der Waals surface area (Å²) >= 11 is 0. The summed E-state index contributed by atoms with van der Waals surface area (Å²) in [6.45, 7) is 6.32. The quantitative estimate of drug-likeness (QED) is 0.672. The maximum absolute atomic E-state index is 11.7. The first-order valence-corrected chi connectivity index (χ1v) is 7.02. The first-order valence-electron chi connectivity index (χ1n) is 7.02. The molecule has 0 spiro atoms. The van der Waals surface area contributed by atoms with Crippen molar-refractivity contribution in [3.63, 3.8) is 0 Å². The van der Waals surface area contributed by atoms with E-state index in [1.54, 1.807) is 0 Å². The summed E-state index contributed by atoms with van der Waals surface area (Å²) in [7, 11) is 0. The molecule has 0 aromatic heterocycles. The third-order valence-corrected chi connectivity index (χ3v) is 5.86. The molecule has 100 valence electrons. The topological polar surface area (TPSA) is 46.5 Å². The molecule has 0 aromatic carbocycles. The Morgan fingerprint density at radius 3 is 2.83 bits per heavy atom. The number of aliphatic hydroxyl groups excluding tert-OH is 1. The van der Waals surface area contributed by atoms with Gasteiger partial charge in [0.15, 0.2) is 0 Å². The fourth-order valence-electron chi connectivity index (χ4n) is 4.22. The maximum Gasteiger partial charge on any atom is 0.334 e. The van der Waals surface area contributed by atoms with E-state index in [0.717, 1.165) is 31.3 Å². The Labute approximate surface area is 108 Å². The molecule has 2 saturated carbocycles. The minimum atomic E-state index is -0.193. The number of carbonyl (C=O) groups excluding carboxylic acids is 1. The summed E-state index contributed by atoms with van der Waals surface area (Å²) < 4.78 is 5.46. The summed E-state index contributed by atoms with van der Waals surface area (Å²) in [5.74, 6) is 0.738. The van der Waals surface area contributed by atoms with Crippen molar-refractivity contribution >= 4 is 5.97 Å². The second-order valence-corrected chi connectivity index (χ2v) is 6.59. The highest BCUT2D eigenvalue weighted by molar-refractivity contribution is 5.91. The van der Waals surface area contributed by atoms with Crippen molar-refractivity contribution in [3.8, 4) is 0 Å². The Morgan fingerprint density at radius 1 is 1.39 bits per heavy atom. The number of hydrogen-bond donors (Lipinski definition) is 1. The summed E-state index contributed by atoms with van der Waals surface area (Å²) in [5.41, 5.74) is 2.13. The number of esters is 1. The Hall–Kier alpha value is -0.830. The van der Waals surface area contributed by atoms with Gasteiger partial charge in [-0.15, -0.1) is 0 Å². The van der Waals surface area contributed by atoms with Crippen molar-refractivity contribution in [1.29, 1.82) is 0 Å². The molecule has 3 aliphatic rings. The average molecular weight is 250 g/mol. The standard InChI is InChI=1S/C15H22O3/c1-8-11-7-15(3)9(2)12(16)5-4-10(15)6-13(11)18-14(8)17/h9-10,12-13,16H,4-7H2,1-3H3/t9-,10+,12-,13+,15+/m0/s1. The van der Waals surface area contributed by atoms with E-state index < -0.39 is 0 Å². The lowest BCUT2D eigenvalue weighted by Crippen LogP contribution is -2.49. The first-order chi connectivity index (χ1) is 8.43. The minimum absolute atomic E-state index is 0.0259. The van der Waals surface area contributed by atoms with Crippen LogP contribution < -0.4 is 0 Å². The lowest BCUT2D eigenvalue weighted by Gasteiger charge is -2.52. The predicted molar refractivity (Wildman–Crippen MR) is 67.8 cm³/mol. The first kappa shape index (κ1) is 12.2. The molecule has 3 rings (SSSR count). The zero-order valence-electron chi connectivity index (χ0n) is 11.4. The van der Waals surface area contributed by atoms with Crippen molar-refractivity contribution in [1.82, 2.24) is 0 Å². The van der Waals surface area contributed by atoms with Gasteiger partial charge in [-0.25, -0.2) is 4.79 Å². The second kappa shape index (κ2) is 3.83. The van der Waals surface area contributed by atoms with Crippen LogP contribution in [0.15, 0.2) is 11.1 Å². The zero-order valence-corrected chi connectivity index (χ0v) is 11.4. The predicted octanol–water partition coefficient (Wildman–Crippen LogP) is 2.44. The molecule has 0 bridgehead atoms. The van der Waals surface area contributed by atoms with Gasteiger partial charge in [-0.1, -0.05) is 13.8 Å². The lowest BCUT2D eigenvalue weighted by molar-refractivity contribution is -0.143. The molecular formula is C15H22O3. The molecule has 1 N–H and O–H groups in total. The number of ether oxygens (including phenoxy) is 1. The number of fused-ring (bicyclic) bond motifs is 2. The van der Waals surface area contributed by atoms with Crippen LogP contribution >= 0.6 is 0 Å². The largest absolute Gasteiger partial charge is 0.454 e. The van der Waals surface area contributed by atoms with Crippen molar-refractivity contribution in [3.05, 3.63) is 11.1 Å². The van der Waals surface area contributed by atoms with E-state index in [-0.39, 0.29) is 23.6 Å². The third-order valence-electron chi connectivity index (χ3n) is 5.86. The van der Waals surface area contributed by atoms with Crippen LogP contribution in [-0.4, -0.2) is 23.3 Å². The van der Waals surface area contributed by atoms with Gasteiger partial charge in [0.25, 0.3) is 0 Å². The fourth-order valence-corrected chi connectivity index (χ4v) is 4.22. The highest BCUT2D eigenvalue weighted by Crippen LogP contribution is 2.56. The van der Waals surface area contributed by atoms with Gasteiger partial charge in [0.05, 0.1) is 6.10 Å². The maximum atomic E-state index is 11.7. The summed E-state index contributed by atoms with van der Waals surface area (Å²) in [4.78, 5) is 11.7. The van der Waals surface area contributed by atoms with Crippen molar-refractivity contribution < 1.29 is 14.6 Å². The van der Waals surface area contributed by atoms with E-state index in [1.165, 1.54) is 5.57 Å². The highest BCUT2D eigenvalue weighted by atomic mass is 16.5. The van der Waals surface area contributed by atoms with Gasteiger partial charge in [0.1, 0.15) is 6.10 Å². The Kier molecular flexibility index (Phi) is 2.60. The third kappa shape index (κ3) is 1.49. The molecular weight excluding hydrogens is 228 g/mol. The van der Waals surface area contributed by atoms with Gasteiger partial charge >= 0.3 is 5.97 Å². The monoisotopic (exact) mass is 250 g/mol. The molecule has 2 aliphatic carbocycles. The molecule has 3 heteroatoms. The molecule has 2 fully saturated rings. The van der Waals surface area contributed by atoms with Crippen LogP contribution in [0.4, 0.5) is 0 Å². The molecule has 1 aliphatic heterocycles. The second-order valence-electron chi connectivity index (χ2n) is 6.59. The van der Waals surface area contributed by atoms with E-state index in [1.807, 2.05) is 6.92 Å². The van der Waals surface area contributed by atoms with E-state index in [4.69, 9.17) is 4.74 Å². The van der Waals surface area contributed by atoms with Gasteiger partial charge in [-0.3, -0.25) is 0 Å². The Bertz CT molecular complexity index is 425. The van der Waals surface area contributed by atoms with Gasteiger partial charge in [0, 0.05) is 5.57 Å². The van der Waals surface area contributed by atoms with E-state index in [0.29, 0.717) is 11.8 Å². The number of aliphatic hydroxyl groups is 1. The van der Waals surface area contributed by atoms with E-state index in [2.05, 4.69) is 13.8 Å². The number of hydrogen-bond acceptors (Lipinski definition) is 3. The Morgan fingerprint density at radius 2 is 2.11 bits per heavy atom. The summed E-state index contributed by atoms with van der Waals surface area (Å²) in [6.07, 6.45) is 3.65. The van der Waals surface area contributed by atoms with Gasteiger partial charge < -0.3 is 9.84 Å². The van der Waals surface area contributed by atoms with Crippen LogP contribution in [0.3, 0.4) is 0 Å². The van der Waals surface area contributed by atoms with Gasteiger partial charge in [0.2, 0.25) is 0 Å². The van der Waals surface area contributed by atoms with Gasteiger partial charge in [-0.05, 0) is 55.4 Å². The SMILES string of the molecule is CC1=C2C[C@@]3(C)[C@H](CC[C@H](O)[C@@H]3C)C[C@H]2OC1=O. The Balaban J connectivity index is 1.96. The van der Waals surface area contributed by atoms with Crippen LogP contribution in [0.5, 0.6) is 0 Å². The molecule has 0 amide bonds. The smallest absolute Gasteiger partial charge is 0.334 e. The minimum Gasteiger partial charge on any atom is -0.454 e. The molecule has 0 radical (unpaired) electrons. The zero-order chi connectivity index (χ0) is 13.1. The molecule has 0 saturated heterocycles. The normalized spacial score (nSPS) is 47.7. The van der Waals surface area contributed by atoms with E-state index >= 15 is 0 Å². The van der Waals surface area contributed by atoms with E-state index in [9.17, 15) is 9.90 Å². The highest BCUT2D eigenvalue weighted by Gasteiger charge is 2.52. The number of rotatable bonds is 0. The summed E-state index contributed by atoms with van der Waals surface area (Å²) in [6, 6.07) is 0. The fraction of sp³-hybridized carbons (Fsp3) is 0.800. The van der Waals surface area contributed by atoms with Crippen LogP contribution in [0.25, 0.3) is 0 Å². The molecule has 0 unspecified atom stereocenters. The van der Waals surface area contributed by atoms with Gasteiger partial charge in [-0.2, -0.15) is 0 Å². The van der Waals surface area contributed by atoms with Crippen molar-refractivity contribution in [2.75, 3.05) is 0 Å². The molecule has 5 atom stereocenters. The molecule has 1 heterocycles. The van der Waals surface area contributed by atoms with Crippen molar-refractivity contribution in [2.45, 2.75) is 58.7 Å². The summed E-state index contributed by atoms with van der Waals surface area (Å²) in [5, 5.41) is 10.1. The molecule has 18 heavy (non-hydrogen) atoms. The van der Waals surface area contributed by atoms with Crippen LogP contribution in [-0.2, 0) is 9.53 Å². The van der Waals surface area contributed by atoms with Crippen molar-refractivity contribution in [2.24, 2.45) is 17.3 Å². The molecule has 0 aromatic rings. The molecule has 3 nitrogen and oxygen atoms in total. The van der Waals surface area contributed by atoms with Crippen LogP contribution in [0.1, 0.15) is 46.5 Å². The van der Waals surface area contributed by atoms with Crippen LogP contribution in [0, 0.1) is 17.3 Å². The average Bonchev–Trinajstić information content (AvgIpc) is 2.60.